The van der Waals surface area contributed by atoms with Crippen LogP contribution in [0, 0.1) is 11.3 Å². The van der Waals surface area contributed by atoms with Gasteiger partial charge in [0.1, 0.15) is 0 Å². The van der Waals surface area contributed by atoms with Crippen LogP contribution in [0.2, 0.25) is 0 Å². The standard InChI is InChI=1S/C8H9N3.C2H6.H2/c9-6-8(10)5-7-1-3-11-4-2-7;1-2;/h1-4,8H,5,10H2;1-2H3;1H. The molecule has 0 aliphatic carbocycles. The van der Waals surface area contributed by atoms with Gasteiger partial charge in [-0.25, -0.2) is 0 Å². The number of aromatic nitrogens is 1. The first-order valence-electron chi connectivity index (χ1n) is 4.37. The van der Waals surface area contributed by atoms with E-state index in [2.05, 4.69) is 4.98 Å². The molecule has 0 bridgehead atoms. The van der Waals surface area contributed by atoms with Crippen LogP contribution < -0.4 is 5.73 Å². The van der Waals surface area contributed by atoms with E-state index in [1.54, 1.807) is 12.4 Å². The lowest BCUT2D eigenvalue weighted by Gasteiger charge is -2.00. The number of nitrogens with zero attached hydrogens (tertiary/aromatic N) is 2. The van der Waals surface area contributed by atoms with Crippen molar-refractivity contribution < 1.29 is 1.43 Å². The Labute approximate surface area is 80.7 Å². The Morgan fingerprint density at radius 3 is 2.54 bits per heavy atom. The highest BCUT2D eigenvalue weighted by Crippen LogP contribution is 1.98. The summed E-state index contributed by atoms with van der Waals surface area (Å²) in [4.78, 5) is 3.85. The predicted molar refractivity (Wildman–Crippen MR) is 55.0 cm³/mol. The lowest BCUT2D eigenvalue weighted by molar-refractivity contribution is 0.821. The van der Waals surface area contributed by atoms with E-state index in [1.165, 1.54) is 0 Å². The zero-order valence-electron chi connectivity index (χ0n) is 8.07. The number of pyridine rings is 1. The van der Waals surface area contributed by atoms with E-state index in [0.717, 1.165) is 5.56 Å². The molecule has 0 saturated carbocycles. The molecule has 1 unspecified atom stereocenters. The molecule has 0 saturated heterocycles. The molecule has 0 amide bonds. The number of nitrogens with two attached hydrogens (primary N) is 1. The summed E-state index contributed by atoms with van der Waals surface area (Å²) in [5.41, 5.74) is 6.47. The monoisotopic (exact) mass is 179 g/mol. The zero-order valence-corrected chi connectivity index (χ0v) is 8.07. The molecular weight excluding hydrogens is 162 g/mol. The largest absolute Gasteiger partial charge is 0.316 e. The van der Waals surface area contributed by atoms with Crippen molar-refractivity contribution in [1.29, 1.82) is 5.26 Å². The van der Waals surface area contributed by atoms with Gasteiger partial charge in [-0.1, -0.05) is 13.8 Å². The third kappa shape index (κ3) is 4.94. The summed E-state index contributed by atoms with van der Waals surface area (Å²) in [6, 6.07) is 5.28. The topological polar surface area (TPSA) is 62.7 Å². The summed E-state index contributed by atoms with van der Waals surface area (Å²) in [6.07, 6.45) is 3.98. The Hall–Kier alpha value is -1.40. The Kier molecular flexibility index (Phi) is 6.48. The first kappa shape index (κ1) is 11.6. The van der Waals surface area contributed by atoms with Crippen molar-refractivity contribution in [1.82, 2.24) is 4.98 Å². The van der Waals surface area contributed by atoms with E-state index < -0.39 is 6.04 Å². The number of hydrogen-bond donors (Lipinski definition) is 1. The van der Waals surface area contributed by atoms with Gasteiger partial charge in [-0.05, 0) is 17.7 Å². The Balaban J connectivity index is 0. The molecule has 3 heteroatoms. The quantitative estimate of drug-likeness (QED) is 0.752. The van der Waals surface area contributed by atoms with Crippen molar-refractivity contribution in [3.63, 3.8) is 0 Å². The minimum Gasteiger partial charge on any atom is -0.316 e. The van der Waals surface area contributed by atoms with Crippen molar-refractivity contribution in [3.8, 4) is 6.07 Å². The molecular formula is C10H17N3. The van der Waals surface area contributed by atoms with Crippen LogP contribution in [0.1, 0.15) is 20.8 Å². The highest BCUT2D eigenvalue weighted by molar-refractivity contribution is 5.13. The van der Waals surface area contributed by atoms with Gasteiger partial charge in [0.2, 0.25) is 0 Å². The van der Waals surface area contributed by atoms with Gasteiger partial charge < -0.3 is 5.73 Å². The average Bonchev–Trinajstić information content (AvgIpc) is 2.22. The number of hydrogen-bond acceptors (Lipinski definition) is 3. The van der Waals surface area contributed by atoms with E-state index in [4.69, 9.17) is 11.0 Å². The molecule has 0 aromatic carbocycles. The molecule has 0 aliphatic rings. The third-order valence-electron chi connectivity index (χ3n) is 1.37. The molecule has 2 N–H and O–H groups in total. The van der Waals surface area contributed by atoms with Gasteiger partial charge in [-0.2, -0.15) is 5.26 Å². The maximum atomic E-state index is 8.41. The second-order valence-corrected chi connectivity index (χ2v) is 2.30. The summed E-state index contributed by atoms with van der Waals surface area (Å²) in [5, 5.41) is 8.41. The minimum absolute atomic E-state index is 0. The Bertz CT molecular complexity index is 256. The SMILES string of the molecule is CC.N#CC(N)Cc1ccncc1.[HH]. The number of rotatable bonds is 2. The fraction of sp³-hybridized carbons (Fsp3) is 0.400. The highest BCUT2D eigenvalue weighted by Gasteiger charge is 1.99. The molecule has 1 atom stereocenters. The van der Waals surface area contributed by atoms with E-state index in [-0.39, 0.29) is 1.43 Å². The summed E-state index contributed by atoms with van der Waals surface area (Å²) in [6.45, 7) is 4.00. The van der Waals surface area contributed by atoms with Crippen LogP contribution >= 0.6 is 0 Å². The van der Waals surface area contributed by atoms with Crippen molar-refractivity contribution in [3.05, 3.63) is 30.1 Å². The van der Waals surface area contributed by atoms with Crippen LogP contribution in [-0.4, -0.2) is 11.0 Å². The first-order chi connectivity index (χ1) is 6.33. The highest BCUT2D eigenvalue weighted by atomic mass is 14.6. The normalized spacial score (nSPS) is 10.6. The predicted octanol–water partition coefficient (Wildman–Crippen LogP) is 1.75. The Morgan fingerprint density at radius 2 is 2.08 bits per heavy atom. The van der Waals surface area contributed by atoms with Crippen LogP contribution in [0.5, 0.6) is 0 Å². The average molecular weight is 179 g/mol. The molecule has 72 valence electrons. The van der Waals surface area contributed by atoms with E-state index in [1.807, 2.05) is 32.0 Å². The van der Waals surface area contributed by atoms with Crippen molar-refractivity contribution in [2.24, 2.45) is 5.73 Å². The first-order valence-corrected chi connectivity index (χ1v) is 4.37. The van der Waals surface area contributed by atoms with Crippen molar-refractivity contribution in [2.75, 3.05) is 0 Å². The molecule has 0 fully saturated rings. The minimum atomic E-state index is -0.405. The summed E-state index contributed by atoms with van der Waals surface area (Å²) in [7, 11) is 0. The van der Waals surface area contributed by atoms with Gasteiger partial charge in [0.25, 0.3) is 0 Å². The maximum Gasteiger partial charge on any atom is 0.0968 e. The van der Waals surface area contributed by atoms with Gasteiger partial charge in [0.15, 0.2) is 0 Å². The van der Waals surface area contributed by atoms with Gasteiger partial charge in [-0.3, -0.25) is 4.98 Å². The molecule has 1 aromatic rings. The lowest BCUT2D eigenvalue weighted by atomic mass is 10.1. The smallest absolute Gasteiger partial charge is 0.0968 e. The maximum absolute atomic E-state index is 8.41. The van der Waals surface area contributed by atoms with Gasteiger partial charge >= 0.3 is 0 Å². The second kappa shape index (κ2) is 7.26. The van der Waals surface area contributed by atoms with Crippen LogP contribution in [-0.2, 0) is 6.42 Å². The molecule has 0 radical (unpaired) electrons. The fourth-order valence-corrected chi connectivity index (χ4v) is 0.818. The zero-order chi connectivity index (χ0) is 10.1. The van der Waals surface area contributed by atoms with Crippen LogP contribution in [0.3, 0.4) is 0 Å². The molecule has 1 heterocycles. The molecule has 0 spiro atoms. The van der Waals surface area contributed by atoms with Crippen molar-refractivity contribution in [2.45, 2.75) is 26.3 Å². The van der Waals surface area contributed by atoms with Gasteiger partial charge in [0.05, 0.1) is 12.1 Å². The molecule has 13 heavy (non-hydrogen) atoms. The summed E-state index contributed by atoms with van der Waals surface area (Å²) >= 11 is 0. The summed E-state index contributed by atoms with van der Waals surface area (Å²) in [5.74, 6) is 0. The van der Waals surface area contributed by atoms with Crippen molar-refractivity contribution >= 4 is 0 Å². The van der Waals surface area contributed by atoms with E-state index >= 15 is 0 Å². The van der Waals surface area contributed by atoms with E-state index in [0.29, 0.717) is 6.42 Å². The fourth-order valence-electron chi connectivity index (χ4n) is 0.818. The third-order valence-corrected chi connectivity index (χ3v) is 1.37. The number of nitriles is 1. The van der Waals surface area contributed by atoms with Gasteiger partial charge in [-0.15, -0.1) is 0 Å². The second-order valence-electron chi connectivity index (χ2n) is 2.30. The molecule has 1 aromatic heterocycles. The molecule has 0 aliphatic heterocycles. The van der Waals surface area contributed by atoms with Crippen LogP contribution in [0.4, 0.5) is 0 Å². The summed E-state index contributed by atoms with van der Waals surface area (Å²) < 4.78 is 0. The van der Waals surface area contributed by atoms with Crippen LogP contribution in [0.15, 0.2) is 24.5 Å². The Morgan fingerprint density at radius 1 is 1.54 bits per heavy atom. The van der Waals surface area contributed by atoms with Crippen LogP contribution in [0.25, 0.3) is 0 Å². The lowest BCUT2D eigenvalue weighted by Crippen LogP contribution is -2.19. The molecule has 3 nitrogen and oxygen atoms in total. The molecule has 1 rings (SSSR count). The van der Waals surface area contributed by atoms with E-state index in [9.17, 15) is 0 Å². The van der Waals surface area contributed by atoms with Gasteiger partial charge in [0, 0.05) is 20.2 Å².